The zero-order valence-electron chi connectivity index (χ0n) is 12.7. The second-order valence-electron chi connectivity index (χ2n) is 6.18. The summed E-state index contributed by atoms with van der Waals surface area (Å²) in [6.07, 6.45) is 5.33. The Morgan fingerprint density at radius 3 is 2.37 bits per heavy atom. The lowest BCUT2D eigenvalue weighted by atomic mass is 9.79. The number of hydrogen-bond donors (Lipinski definition) is 1. The van der Waals surface area contributed by atoms with Crippen molar-refractivity contribution in [3.63, 3.8) is 0 Å². The Balaban J connectivity index is 1.90. The van der Waals surface area contributed by atoms with Crippen LogP contribution in [-0.2, 0) is 0 Å². The fraction of sp³-hybridized carbons (Fsp3) is 0.647. The van der Waals surface area contributed by atoms with Gasteiger partial charge in [0.1, 0.15) is 5.75 Å². The first-order valence-corrected chi connectivity index (χ1v) is 7.51. The van der Waals surface area contributed by atoms with E-state index in [-0.39, 0.29) is 0 Å². The maximum atomic E-state index is 5.30. The second-order valence-corrected chi connectivity index (χ2v) is 6.18. The van der Waals surface area contributed by atoms with Crippen LogP contribution in [0.3, 0.4) is 0 Å². The highest BCUT2D eigenvalue weighted by Gasteiger charge is 2.23. The summed E-state index contributed by atoms with van der Waals surface area (Å²) < 4.78 is 5.30. The number of rotatable bonds is 4. The van der Waals surface area contributed by atoms with Gasteiger partial charge < -0.3 is 10.1 Å². The lowest BCUT2D eigenvalue weighted by Crippen LogP contribution is -2.27. The average molecular weight is 261 g/mol. The molecule has 1 aromatic rings. The van der Waals surface area contributed by atoms with E-state index in [9.17, 15) is 0 Å². The molecule has 0 aliphatic heterocycles. The van der Waals surface area contributed by atoms with Crippen LogP contribution in [0.1, 0.15) is 45.1 Å². The van der Waals surface area contributed by atoms with E-state index in [1.807, 2.05) is 0 Å². The van der Waals surface area contributed by atoms with Crippen molar-refractivity contribution in [3.05, 3.63) is 23.8 Å². The first kappa shape index (κ1) is 14.2. The van der Waals surface area contributed by atoms with Crippen molar-refractivity contribution in [3.8, 4) is 5.75 Å². The molecule has 0 unspecified atom stereocenters. The summed E-state index contributed by atoms with van der Waals surface area (Å²) in [4.78, 5) is 0. The third kappa shape index (κ3) is 3.65. The molecule has 0 atom stereocenters. The van der Waals surface area contributed by atoms with Crippen molar-refractivity contribution >= 4 is 5.69 Å². The number of hydrogen-bond acceptors (Lipinski definition) is 2. The van der Waals surface area contributed by atoms with Crippen molar-refractivity contribution in [2.75, 3.05) is 12.4 Å². The number of ether oxygens (including phenoxy) is 1. The van der Waals surface area contributed by atoms with Gasteiger partial charge in [-0.2, -0.15) is 0 Å². The molecular weight excluding hydrogens is 234 g/mol. The van der Waals surface area contributed by atoms with E-state index in [4.69, 9.17) is 4.74 Å². The molecule has 0 spiro atoms. The molecule has 0 radical (unpaired) electrons. The van der Waals surface area contributed by atoms with Crippen LogP contribution >= 0.6 is 0 Å². The normalized spacial score (nSPS) is 23.4. The molecule has 0 amide bonds. The van der Waals surface area contributed by atoms with Crippen molar-refractivity contribution < 1.29 is 4.74 Å². The van der Waals surface area contributed by atoms with Gasteiger partial charge in [0.05, 0.1) is 7.11 Å². The van der Waals surface area contributed by atoms with Crippen LogP contribution in [0.2, 0.25) is 0 Å². The minimum atomic E-state index is 0.641. The number of aryl methyl sites for hydroxylation is 1. The van der Waals surface area contributed by atoms with Crippen LogP contribution in [-0.4, -0.2) is 13.2 Å². The van der Waals surface area contributed by atoms with E-state index in [0.29, 0.717) is 6.04 Å². The number of benzene rings is 1. The Labute approximate surface area is 117 Å². The molecule has 2 nitrogen and oxygen atoms in total. The molecule has 0 bridgehead atoms. The topological polar surface area (TPSA) is 21.3 Å². The third-order valence-electron chi connectivity index (χ3n) is 4.48. The van der Waals surface area contributed by atoms with Gasteiger partial charge in [-0.05, 0) is 68.2 Å². The van der Waals surface area contributed by atoms with Gasteiger partial charge in [-0.3, -0.25) is 0 Å². The molecule has 0 aromatic heterocycles. The predicted octanol–water partition coefficient (Wildman–Crippen LogP) is 4.63. The molecule has 1 aliphatic rings. The molecule has 19 heavy (non-hydrogen) atoms. The predicted molar refractivity (Wildman–Crippen MR) is 81.9 cm³/mol. The number of nitrogens with one attached hydrogen (secondary N) is 1. The monoisotopic (exact) mass is 261 g/mol. The number of methoxy groups -OCH3 is 1. The molecule has 1 aromatic carbocycles. The summed E-state index contributed by atoms with van der Waals surface area (Å²) in [5, 5.41) is 3.68. The molecule has 1 aliphatic carbocycles. The largest absolute Gasteiger partial charge is 0.496 e. The van der Waals surface area contributed by atoms with Crippen molar-refractivity contribution in [2.24, 2.45) is 11.8 Å². The van der Waals surface area contributed by atoms with Crippen molar-refractivity contribution in [1.82, 2.24) is 0 Å². The van der Waals surface area contributed by atoms with E-state index in [1.165, 1.54) is 36.9 Å². The Kier molecular flexibility index (Phi) is 4.73. The van der Waals surface area contributed by atoms with Gasteiger partial charge in [-0.25, -0.2) is 0 Å². The van der Waals surface area contributed by atoms with Gasteiger partial charge >= 0.3 is 0 Å². The Morgan fingerprint density at radius 2 is 1.84 bits per heavy atom. The summed E-state index contributed by atoms with van der Waals surface area (Å²) in [7, 11) is 1.72. The number of anilines is 1. The van der Waals surface area contributed by atoms with Crippen molar-refractivity contribution in [1.29, 1.82) is 0 Å². The van der Waals surface area contributed by atoms with Gasteiger partial charge in [-0.1, -0.05) is 13.8 Å². The lowest BCUT2D eigenvalue weighted by Gasteiger charge is -2.32. The first-order chi connectivity index (χ1) is 9.10. The molecule has 2 rings (SSSR count). The fourth-order valence-electron chi connectivity index (χ4n) is 3.13. The smallest absolute Gasteiger partial charge is 0.121 e. The van der Waals surface area contributed by atoms with E-state index in [2.05, 4.69) is 44.3 Å². The average Bonchev–Trinajstić information content (AvgIpc) is 2.39. The summed E-state index contributed by atoms with van der Waals surface area (Å²) in [5.41, 5.74) is 2.43. The van der Waals surface area contributed by atoms with E-state index in [0.717, 1.165) is 17.6 Å². The quantitative estimate of drug-likeness (QED) is 0.853. The first-order valence-electron chi connectivity index (χ1n) is 7.51. The summed E-state index contributed by atoms with van der Waals surface area (Å²) in [6, 6.07) is 7.01. The van der Waals surface area contributed by atoms with E-state index < -0.39 is 0 Å². The Morgan fingerprint density at radius 1 is 1.16 bits per heavy atom. The molecule has 2 heteroatoms. The van der Waals surface area contributed by atoms with E-state index >= 15 is 0 Å². The van der Waals surface area contributed by atoms with Crippen LogP contribution in [0.15, 0.2) is 18.2 Å². The Hall–Kier alpha value is -1.18. The van der Waals surface area contributed by atoms with Gasteiger partial charge in [0.25, 0.3) is 0 Å². The minimum Gasteiger partial charge on any atom is -0.496 e. The maximum Gasteiger partial charge on any atom is 0.121 e. The second kappa shape index (κ2) is 6.31. The summed E-state index contributed by atoms with van der Waals surface area (Å²) in [5.74, 6) is 2.73. The van der Waals surface area contributed by atoms with Crippen molar-refractivity contribution in [2.45, 2.75) is 52.5 Å². The standard InChI is InChI=1S/C17H27NO/c1-12(2)14-5-7-15(8-6-14)18-16-9-10-17(19-4)13(3)11-16/h9-12,14-15,18H,5-8H2,1-4H3. The van der Waals surface area contributed by atoms with E-state index in [1.54, 1.807) is 7.11 Å². The lowest BCUT2D eigenvalue weighted by molar-refractivity contribution is 0.267. The zero-order valence-corrected chi connectivity index (χ0v) is 12.7. The van der Waals surface area contributed by atoms with Crippen LogP contribution in [0.4, 0.5) is 5.69 Å². The molecule has 0 heterocycles. The molecule has 1 N–H and O–H groups in total. The highest BCUT2D eigenvalue weighted by Crippen LogP contribution is 2.32. The molecular formula is C17H27NO. The SMILES string of the molecule is COc1ccc(NC2CCC(C(C)C)CC2)cc1C. The van der Waals surface area contributed by atoms with Gasteiger partial charge in [-0.15, -0.1) is 0 Å². The van der Waals surface area contributed by atoms with Crippen LogP contribution < -0.4 is 10.1 Å². The fourth-order valence-corrected chi connectivity index (χ4v) is 3.13. The molecule has 0 saturated heterocycles. The zero-order chi connectivity index (χ0) is 13.8. The van der Waals surface area contributed by atoms with Crippen LogP contribution in [0.25, 0.3) is 0 Å². The highest BCUT2D eigenvalue weighted by atomic mass is 16.5. The van der Waals surface area contributed by atoms with Gasteiger partial charge in [0.2, 0.25) is 0 Å². The van der Waals surface area contributed by atoms with Gasteiger partial charge in [0.15, 0.2) is 0 Å². The summed E-state index contributed by atoms with van der Waals surface area (Å²) in [6.45, 7) is 6.80. The molecule has 1 saturated carbocycles. The van der Waals surface area contributed by atoms with Crippen LogP contribution in [0.5, 0.6) is 5.75 Å². The Bertz CT molecular complexity index is 406. The van der Waals surface area contributed by atoms with Gasteiger partial charge in [0, 0.05) is 11.7 Å². The highest BCUT2D eigenvalue weighted by molar-refractivity contribution is 5.51. The third-order valence-corrected chi connectivity index (χ3v) is 4.48. The molecule has 1 fully saturated rings. The molecule has 106 valence electrons. The maximum absolute atomic E-state index is 5.30. The minimum absolute atomic E-state index is 0.641. The summed E-state index contributed by atoms with van der Waals surface area (Å²) >= 11 is 0. The van der Waals surface area contributed by atoms with Crippen LogP contribution in [0, 0.1) is 18.8 Å².